The molecule has 0 saturated heterocycles. The molecule has 2 aromatic rings. The molecule has 2 N–H and O–H groups in total. The summed E-state index contributed by atoms with van der Waals surface area (Å²) in [4.78, 5) is 0. The van der Waals surface area contributed by atoms with Gasteiger partial charge in [0.15, 0.2) is 0 Å². The first kappa shape index (κ1) is 16.5. The number of nitrogen functional groups attached to an aromatic ring is 1. The Balaban J connectivity index is 2.03. The molecular formula is C19H23F2N. The Hall–Kier alpha value is -1.90. The van der Waals surface area contributed by atoms with Gasteiger partial charge < -0.3 is 5.73 Å². The third-order valence-electron chi connectivity index (χ3n) is 3.62. The lowest BCUT2D eigenvalue weighted by molar-refractivity contribution is 0.411. The van der Waals surface area contributed by atoms with Crippen LogP contribution >= 0.6 is 0 Å². The van der Waals surface area contributed by atoms with Crippen molar-refractivity contribution >= 4 is 5.69 Å². The van der Waals surface area contributed by atoms with Crippen molar-refractivity contribution < 1.29 is 8.78 Å². The SMILES string of the molecule is CC(C)(C)Cc1ccc(CCc2cc(F)cc(F)c2N)cc1. The molecule has 2 rings (SSSR count). The summed E-state index contributed by atoms with van der Waals surface area (Å²) < 4.78 is 26.7. The van der Waals surface area contributed by atoms with Gasteiger partial charge >= 0.3 is 0 Å². The molecule has 2 aromatic carbocycles. The van der Waals surface area contributed by atoms with Gasteiger partial charge in [0.05, 0.1) is 5.69 Å². The van der Waals surface area contributed by atoms with Crippen molar-refractivity contribution in [2.24, 2.45) is 5.41 Å². The summed E-state index contributed by atoms with van der Waals surface area (Å²) in [5, 5.41) is 0. The molecule has 118 valence electrons. The lowest BCUT2D eigenvalue weighted by atomic mass is 9.88. The van der Waals surface area contributed by atoms with Crippen molar-refractivity contribution in [2.75, 3.05) is 5.73 Å². The first-order valence-electron chi connectivity index (χ1n) is 7.56. The number of hydrogen-bond donors (Lipinski definition) is 1. The molecule has 0 aliphatic heterocycles. The van der Waals surface area contributed by atoms with E-state index < -0.39 is 11.6 Å². The molecule has 0 fully saturated rings. The fourth-order valence-corrected chi connectivity index (χ4v) is 2.56. The van der Waals surface area contributed by atoms with Crippen LogP contribution in [0.4, 0.5) is 14.5 Å². The summed E-state index contributed by atoms with van der Waals surface area (Å²) in [5.41, 5.74) is 8.94. The van der Waals surface area contributed by atoms with Gasteiger partial charge in [-0.2, -0.15) is 0 Å². The van der Waals surface area contributed by atoms with Gasteiger partial charge in [0, 0.05) is 6.07 Å². The highest BCUT2D eigenvalue weighted by Crippen LogP contribution is 2.22. The van der Waals surface area contributed by atoms with Crippen LogP contribution in [-0.4, -0.2) is 0 Å². The maximum absolute atomic E-state index is 13.4. The predicted molar refractivity (Wildman–Crippen MR) is 87.8 cm³/mol. The van der Waals surface area contributed by atoms with E-state index in [9.17, 15) is 8.78 Å². The summed E-state index contributed by atoms with van der Waals surface area (Å²) in [6.45, 7) is 6.63. The van der Waals surface area contributed by atoms with Crippen molar-refractivity contribution in [2.45, 2.75) is 40.0 Å². The third-order valence-corrected chi connectivity index (χ3v) is 3.62. The second-order valence-electron chi connectivity index (χ2n) is 7.01. The minimum absolute atomic E-state index is 0.0470. The molecule has 0 radical (unpaired) electrons. The molecule has 0 amide bonds. The molecule has 0 spiro atoms. The Morgan fingerprint density at radius 2 is 1.50 bits per heavy atom. The van der Waals surface area contributed by atoms with E-state index in [0.29, 0.717) is 18.4 Å². The summed E-state index contributed by atoms with van der Waals surface area (Å²) in [6, 6.07) is 10.5. The monoisotopic (exact) mass is 303 g/mol. The van der Waals surface area contributed by atoms with Crippen LogP contribution in [0.1, 0.15) is 37.5 Å². The summed E-state index contributed by atoms with van der Waals surface area (Å²) in [7, 11) is 0. The summed E-state index contributed by atoms with van der Waals surface area (Å²) >= 11 is 0. The largest absolute Gasteiger partial charge is 0.396 e. The zero-order valence-electron chi connectivity index (χ0n) is 13.4. The molecule has 22 heavy (non-hydrogen) atoms. The Bertz CT molecular complexity index is 640. The number of nitrogens with two attached hydrogens (primary N) is 1. The molecule has 0 bridgehead atoms. The third kappa shape index (κ3) is 4.55. The molecule has 3 heteroatoms. The maximum Gasteiger partial charge on any atom is 0.149 e. The highest BCUT2D eigenvalue weighted by atomic mass is 19.1. The van der Waals surface area contributed by atoms with Gasteiger partial charge in [-0.25, -0.2) is 8.78 Å². The minimum Gasteiger partial charge on any atom is -0.396 e. The number of rotatable bonds is 4. The zero-order valence-corrected chi connectivity index (χ0v) is 13.4. The lowest BCUT2D eigenvalue weighted by Gasteiger charge is -2.18. The van der Waals surface area contributed by atoms with Gasteiger partial charge in [0.1, 0.15) is 11.6 Å². The molecule has 1 nitrogen and oxygen atoms in total. The van der Waals surface area contributed by atoms with E-state index in [1.807, 2.05) is 0 Å². The van der Waals surface area contributed by atoms with Crippen molar-refractivity contribution in [1.82, 2.24) is 0 Å². The average Bonchev–Trinajstić information content (AvgIpc) is 2.41. The van der Waals surface area contributed by atoms with Crippen LogP contribution in [0.25, 0.3) is 0 Å². The van der Waals surface area contributed by atoms with Crippen molar-refractivity contribution in [3.05, 3.63) is 64.7 Å². The van der Waals surface area contributed by atoms with Crippen molar-refractivity contribution in [1.29, 1.82) is 0 Å². The number of halogens is 2. The van der Waals surface area contributed by atoms with Gasteiger partial charge in [-0.15, -0.1) is 0 Å². The van der Waals surface area contributed by atoms with E-state index in [1.165, 1.54) is 11.6 Å². The van der Waals surface area contributed by atoms with Crippen molar-refractivity contribution in [3.8, 4) is 0 Å². The number of benzene rings is 2. The Morgan fingerprint density at radius 3 is 2.09 bits per heavy atom. The van der Waals surface area contributed by atoms with Crippen LogP contribution in [0.3, 0.4) is 0 Å². The normalized spacial score (nSPS) is 11.7. The second-order valence-corrected chi connectivity index (χ2v) is 7.01. The smallest absolute Gasteiger partial charge is 0.149 e. The van der Waals surface area contributed by atoms with E-state index in [1.54, 1.807) is 0 Å². The highest BCUT2D eigenvalue weighted by molar-refractivity contribution is 5.48. The summed E-state index contributed by atoms with van der Waals surface area (Å²) in [6.07, 6.45) is 2.26. The van der Waals surface area contributed by atoms with E-state index in [0.717, 1.165) is 18.1 Å². The Morgan fingerprint density at radius 1 is 0.909 bits per heavy atom. The number of anilines is 1. The molecule has 0 atom stereocenters. The molecule has 0 aliphatic carbocycles. The second kappa shape index (κ2) is 6.47. The Kier molecular flexibility index (Phi) is 4.84. The first-order chi connectivity index (χ1) is 10.2. The van der Waals surface area contributed by atoms with Gasteiger partial charge in [-0.1, -0.05) is 45.0 Å². The number of hydrogen-bond acceptors (Lipinski definition) is 1. The topological polar surface area (TPSA) is 26.0 Å². The molecular weight excluding hydrogens is 280 g/mol. The highest BCUT2D eigenvalue weighted by Gasteiger charge is 2.11. The first-order valence-corrected chi connectivity index (χ1v) is 7.56. The average molecular weight is 303 g/mol. The quantitative estimate of drug-likeness (QED) is 0.797. The van der Waals surface area contributed by atoms with Crippen molar-refractivity contribution in [3.63, 3.8) is 0 Å². The van der Waals surface area contributed by atoms with Crippen LogP contribution in [0, 0.1) is 17.0 Å². The molecule has 0 aromatic heterocycles. The number of aryl methyl sites for hydroxylation is 2. The van der Waals surface area contributed by atoms with Crippen LogP contribution < -0.4 is 5.73 Å². The minimum atomic E-state index is -0.685. The van der Waals surface area contributed by atoms with Crippen LogP contribution in [-0.2, 0) is 19.3 Å². The van der Waals surface area contributed by atoms with Crippen LogP contribution in [0.2, 0.25) is 0 Å². The Labute approximate surface area is 131 Å². The predicted octanol–water partition coefficient (Wildman–Crippen LogP) is 4.92. The van der Waals surface area contributed by atoms with Gasteiger partial charge in [-0.05, 0) is 47.4 Å². The maximum atomic E-state index is 13.4. The van der Waals surface area contributed by atoms with E-state index in [4.69, 9.17) is 5.73 Å². The van der Waals surface area contributed by atoms with E-state index in [-0.39, 0.29) is 11.1 Å². The fourth-order valence-electron chi connectivity index (χ4n) is 2.56. The fraction of sp³-hybridized carbons (Fsp3) is 0.368. The van der Waals surface area contributed by atoms with E-state index in [2.05, 4.69) is 45.0 Å². The molecule has 0 aliphatic rings. The lowest BCUT2D eigenvalue weighted by Crippen LogP contribution is -2.09. The van der Waals surface area contributed by atoms with Crippen LogP contribution in [0.5, 0.6) is 0 Å². The van der Waals surface area contributed by atoms with Gasteiger partial charge in [0.25, 0.3) is 0 Å². The molecule has 0 unspecified atom stereocenters. The summed E-state index contributed by atoms with van der Waals surface area (Å²) in [5.74, 6) is -1.27. The molecule has 0 heterocycles. The zero-order chi connectivity index (χ0) is 16.3. The van der Waals surface area contributed by atoms with Gasteiger partial charge in [-0.3, -0.25) is 0 Å². The van der Waals surface area contributed by atoms with E-state index >= 15 is 0 Å². The molecule has 0 saturated carbocycles. The van der Waals surface area contributed by atoms with Crippen LogP contribution in [0.15, 0.2) is 36.4 Å². The van der Waals surface area contributed by atoms with Gasteiger partial charge in [0.2, 0.25) is 0 Å². The standard InChI is InChI=1S/C19H23F2N/c1-19(2,3)12-14-6-4-13(5-7-14)8-9-15-10-16(20)11-17(21)18(15)22/h4-7,10-11H,8-9,12,22H2,1-3H3.